The van der Waals surface area contributed by atoms with Gasteiger partial charge in [0.2, 0.25) is 0 Å². The Morgan fingerprint density at radius 1 is 1.30 bits per heavy atom. The van der Waals surface area contributed by atoms with Gasteiger partial charge in [-0.1, -0.05) is 26.7 Å². The molecule has 1 aliphatic carbocycles. The van der Waals surface area contributed by atoms with Crippen molar-refractivity contribution < 1.29 is 0 Å². The topological polar surface area (TPSA) is 42.1 Å². The molecule has 2 rings (SSSR count). The normalized spacial score (nSPS) is 16.1. The maximum absolute atomic E-state index is 6.00. The van der Waals surface area contributed by atoms with Gasteiger partial charge in [-0.2, -0.15) is 0 Å². The molecule has 20 heavy (non-hydrogen) atoms. The summed E-state index contributed by atoms with van der Waals surface area (Å²) in [5.74, 6) is 0.662. The van der Waals surface area contributed by atoms with Crippen molar-refractivity contribution in [1.29, 1.82) is 0 Å². The Labute approximate surface area is 123 Å². The highest BCUT2D eigenvalue weighted by Gasteiger charge is 2.25. The predicted octanol–water partition coefficient (Wildman–Crippen LogP) is 3.56. The van der Waals surface area contributed by atoms with E-state index in [-0.39, 0.29) is 0 Å². The van der Waals surface area contributed by atoms with Crippen LogP contribution in [0.15, 0.2) is 6.07 Å². The van der Waals surface area contributed by atoms with E-state index in [1.54, 1.807) is 0 Å². The van der Waals surface area contributed by atoms with Crippen molar-refractivity contribution in [1.82, 2.24) is 4.98 Å². The fraction of sp³-hybridized carbons (Fsp3) is 0.706. The van der Waals surface area contributed by atoms with E-state index in [1.165, 1.54) is 36.9 Å². The minimum absolute atomic E-state index is 0.579. The van der Waals surface area contributed by atoms with Crippen molar-refractivity contribution in [2.24, 2.45) is 11.7 Å². The molecule has 0 saturated heterocycles. The SMILES string of the molecule is Cc1cc(N(CC(C)C)C2CCCC2)c(CN)c(C)n1. The molecule has 0 unspecified atom stereocenters. The van der Waals surface area contributed by atoms with Crippen LogP contribution in [0.5, 0.6) is 0 Å². The third-order valence-electron chi connectivity index (χ3n) is 4.28. The second kappa shape index (κ2) is 6.57. The van der Waals surface area contributed by atoms with E-state index in [4.69, 9.17) is 5.73 Å². The summed E-state index contributed by atoms with van der Waals surface area (Å²) < 4.78 is 0. The average Bonchev–Trinajstić information content (AvgIpc) is 2.88. The summed E-state index contributed by atoms with van der Waals surface area (Å²) in [5, 5.41) is 0. The highest BCUT2D eigenvalue weighted by atomic mass is 15.2. The first-order valence-electron chi connectivity index (χ1n) is 7.96. The maximum Gasteiger partial charge on any atom is 0.0450 e. The molecule has 0 amide bonds. The Kier molecular flexibility index (Phi) is 5.03. The van der Waals surface area contributed by atoms with Gasteiger partial charge < -0.3 is 10.6 Å². The van der Waals surface area contributed by atoms with Gasteiger partial charge in [-0.25, -0.2) is 0 Å². The Morgan fingerprint density at radius 2 is 1.95 bits per heavy atom. The van der Waals surface area contributed by atoms with Gasteiger partial charge in [0.25, 0.3) is 0 Å². The molecule has 1 fully saturated rings. The molecule has 1 aromatic heterocycles. The zero-order valence-electron chi connectivity index (χ0n) is 13.4. The van der Waals surface area contributed by atoms with E-state index in [1.807, 2.05) is 0 Å². The summed E-state index contributed by atoms with van der Waals surface area (Å²) in [7, 11) is 0. The molecule has 0 bridgehead atoms. The molecule has 0 atom stereocenters. The Morgan fingerprint density at radius 3 is 2.50 bits per heavy atom. The van der Waals surface area contributed by atoms with Crippen molar-refractivity contribution >= 4 is 5.69 Å². The highest BCUT2D eigenvalue weighted by molar-refractivity contribution is 5.57. The smallest absolute Gasteiger partial charge is 0.0450 e. The van der Waals surface area contributed by atoms with Crippen LogP contribution in [-0.2, 0) is 6.54 Å². The van der Waals surface area contributed by atoms with E-state index in [2.05, 4.69) is 43.6 Å². The number of hydrogen-bond donors (Lipinski definition) is 1. The fourth-order valence-corrected chi connectivity index (χ4v) is 3.40. The van der Waals surface area contributed by atoms with Crippen molar-refractivity contribution in [2.75, 3.05) is 11.4 Å². The van der Waals surface area contributed by atoms with Crippen molar-refractivity contribution in [2.45, 2.75) is 66.0 Å². The van der Waals surface area contributed by atoms with Crippen LogP contribution in [0.3, 0.4) is 0 Å². The van der Waals surface area contributed by atoms with Crippen LogP contribution in [-0.4, -0.2) is 17.6 Å². The molecule has 112 valence electrons. The largest absolute Gasteiger partial charge is 0.368 e. The molecule has 0 aromatic carbocycles. The zero-order valence-corrected chi connectivity index (χ0v) is 13.4. The number of hydrogen-bond acceptors (Lipinski definition) is 3. The summed E-state index contributed by atoms with van der Waals surface area (Å²) in [6.45, 7) is 10.5. The van der Waals surface area contributed by atoms with Crippen LogP contribution in [0.25, 0.3) is 0 Å². The number of nitrogens with two attached hydrogens (primary N) is 1. The monoisotopic (exact) mass is 275 g/mol. The van der Waals surface area contributed by atoms with Crippen LogP contribution < -0.4 is 10.6 Å². The number of anilines is 1. The average molecular weight is 275 g/mol. The maximum atomic E-state index is 6.00. The first-order chi connectivity index (χ1) is 9.52. The Balaban J connectivity index is 2.41. The van der Waals surface area contributed by atoms with E-state index < -0.39 is 0 Å². The molecule has 1 aliphatic rings. The summed E-state index contributed by atoms with van der Waals surface area (Å²) in [6.07, 6.45) is 5.36. The molecule has 1 heterocycles. The third kappa shape index (κ3) is 3.32. The van der Waals surface area contributed by atoms with Crippen molar-refractivity contribution in [3.63, 3.8) is 0 Å². The van der Waals surface area contributed by atoms with E-state index in [0.29, 0.717) is 18.5 Å². The molecule has 0 aliphatic heterocycles. The minimum Gasteiger partial charge on any atom is -0.368 e. The highest BCUT2D eigenvalue weighted by Crippen LogP contribution is 2.32. The van der Waals surface area contributed by atoms with Crippen molar-refractivity contribution in [3.05, 3.63) is 23.0 Å². The molecule has 0 radical (unpaired) electrons. The molecule has 0 spiro atoms. The molecular weight excluding hydrogens is 246 g/mol. The van der Waals surface area contributed by atoms with Crippen molar-refractivity contribution in [3.8, 4) is 0 Å². The van der Waals surface area contributed by atoms with Gasteiger partial charge >= 0.3 is 0 Å². The Bertz CT molecular complexity index is 448. The van der Waals surface area contributed by atoms with Crippen LogP contribution in [0.1, 0.15) is 56.5 Å². The van der Waals surface area contributed by atoms with Gasteiger partial charge in [-0.05, 0) is 38.7 Å². The lowest BCUT2D eigenvalue weighted by Gasteiger charge is -2.35. The van der Waals surface area contributed by atoms with Gasteiger partial charge in [-0.3, -0.25) is 4.98 Å². The summed E-state index contributed by atoms with van der Waals surface area (Å²) in [6, 6.07) is 2.92. The third-order valence-corrected chi connectivity index (χ3v) is 4.28. The summed E-state index contributed by atoms with van der Waals surface area (Å²) in [5.41, 5.74) is 10.7. The number of aryl methyl sites for hydroxylation is 2. The van der Waals surface area contributed by atoms with Gasteiger partial charge in [0.1, 0.15) is 0 Å². The number of aromatic nitrogens is 1. The summed E-state index contributed by atoms with van der Waals surface area (Å²) in [4.78, 5) is 7.20. The molecule has 1 saturated carbocycles. The standard InChI is InChI=1S/C17H29N3/c1-12(2)11-20(15-7-5-6-8-15)17-9-13(3)19-14(4)16(17)10-18/h9,12,15H,5-8,10-11,18H2,1-4H3. The van der Waals surface area contributed by atoms with Crippen LogP contribution >= 0.6 is 0 Å². The van der Waals surface area contributed by atoms with Crippen LogP contribution in [0, 0.1) is 19.8 Å². The lowest BCUT2D eigenvalue weighted by Crippen LogP contribution is -2.37. The van der Waals surface area contributed by atoms with Crippen LogP contribution in [0.2, 0.25) is 0 Å². The van der Waals surface area contributed by atoms with Gasteiger partial charge in [-0.15, -0.1) is 0 Å². The zero-order chi connectivity index (χ0) is 14.7. The van der Waals surface area contributed by atoms with Gasteiger partial charge in [0.05, 0.1) is 0 Å². The minimum atomic E-state index is 0.579. The van der Waals surface area contributed by atoms with Gasteiger partial charge in [0.15, 0.2) is 0 Å². The van der Waals surface area contributed by atoms with Gasteiger partial charge in [0, 0.05) is 41.8 Å². The quantitative estimate of drug-likeness (QED) is 0.893. The van der Waals surface area contributed by atoms with E-state index in [9.17, 15) is 0 Å². The molecule has 1 aromatic rings. The summed E-state index contributed by atoms with van der Waals surface area (Å²) >= 11 is 0. The molecule has 3 heteroatoms. The molecule has 2 N–H and O–H groups in total. The second-order valence-electron chi connectivity index (χ2n) is 6.54. The first kappa shape index (κ1) is 15.3. The Hall–Kier alpha value is -1.09. The number of rotatable bonds is 5. The second-order valence-corrected chi connectivity index (χ2v) is 6.54. The molecular formula is C17H29N3. The fourth-order valence-electron chi connectivity index (χ4n) is 3.40. The lowest BCUT2D eigenvalue weighted by atomic mass is 10.0. The predicted molar refractivity (Wildman–Crippen MR) is 86.0 cm³/mol. The molecule has 3 nitrogen and oxygen atoms in total. The van der Waals surface area contributed by atoms with E-state index in [0.717, 1.165) is 17.9 Å². The lowest BCUT2D eigenvalue weighted by molar-refractivity contribution is 0.533. The van der Waals surface area contributed by atoms with Crippen LogP contribution in [0.4, 0.5) is 5.69 Å². The number of pyridine rings is 1. The number of nitrogens with zero attached hydrogens (tertiary/aromatic N) is 2. The van der Waals surface area contributed by atoms with E-state index >= 15 is 0 Å². The first-order valence-corrected chi connectivity index (χ1v) is 7.96.